The van der Waals surface area contributed by atoms with Gasteiger partial charge in [0.1, 0.15) is 0 Å². The van der Waals surface area contributed by atoms with Crippen LogP contribution in [0.15, 0.2) is 23.1 Å². The van der Waals surface area contributed by atoms with Gasteiger partial charge in [0.2, 0.25) is 10.0 Å². The van der Waals surface area contributed by atoms with Crippen molar-refractivity contribution >= 4 is 27.6 Å². The van der Waals surface area contributed by atoms with Crippen LogP contribution in [0.2, 0.25) is 0 Å². The Bertz CT molecular complexity index is 957. The van der Waals surface area contributed by atoms with E-state index in [1.165, 1.54) is 26.2 Å². The number of sulfonamides is 1. The summed E-state index contributed by atoms with van der Waals surface area (Å²) in [7, 11) is -0.819. The van der Waals surface area contributed by atoms with Gasteiger partial charge in [0.15, 0.2) is 6.61 Å². The summed E-state index contributed by atoms with van der Waals surface area (Å²) < 4.78 is 31.7. The summed E-state index contributed by atoms with van der Waals surface area (Å²) in [5.41, 5.74) is 0.819. The van der Waals surface area contributed by atoms with Gasteiger partial charge in [0.25, 0.3) is 5.91 Å². The summed E-state index contributed by atoms with van der Waals surface area (Å²) in [5.74, 6) is -0.102. The van der Waals surface area contributed by atoms with Crippen molar-refractivity contribution in [1.29, 1.82) is 0 Å². The molecule has 184 valence electrons. The van der Waals surface area contributed by atoms with Gasteiger partial charge in [-0.25, -0.2) is 17.5 Å². The molecule has 3 unspecified atom stereocenters. The lowest BCUT2D eigenvalue weighted by molar-refractivity contribution is -0.125. The number of amides is 1. The highest BCUT2D eigenvalue weighted by Gasteiger charge is 2.29. The van der Waals surface area contributed by atoms with Crippen LogP contribution in [0, 0.1) is 11.8 Å². The lowest BCUT2D eigenvalue weighted by Crippen LogP contribution is -2.45. The average molecular weight is 480 g/mol. The molecule has 2 aliphatic rings. The van der Waals surface area contributed by atoms with Crippen LogP contribution in [0.4, 0.5) is 5.69 Å². The van der Waals surface area contributed by atoms with E-state index < -0.39 is 16.0 Å². The topological polar surface area (TPSA) is 96.0 Å². The number of rotatable bonds is 7. The van der Waals surface area contributed by atoms with Crippen LogP contribution in [0.1, 0.15) is 62.7 Å². The van der Waals surface area contributed by atoms with E-state index in [1.54, 1.807) is 6.07 Å². The Hall–Kier alpha value is -2.13. The number of hydrogen-bond acceptors (Lipinski definition) is 6. The number of piperidine rings is 1. The van der Waals surface area contributed by atoms with E-state index in [-0.39, 0.29) is 29.0 Å². The second-order valence-electron chi connectivity index (χ2n) is 9.53. The molecule has 2 fully saturated rings. The fourth-order valence-corrected chi connectivity index (χ4v) is 5.63. The van der Waals surface area contributed by atoms with Gasteiger partial charge < -0.3 is 15.0 Å². The number of nitrogens with zero attached hydrogens (tertiary/aromatic N) is 2. The summed E-state index contributed by atoms with van der Waals surface area (Å²) in [6, 6.07) is 4.64. The van der Waals surface area contributed by atoms with Crippen LogP contribution in [-0.2, 0) is 19.6 Å². The lowest BCUT2D eigenvalue weighted by Gasteiger charge is -2.34. The Kier molecular flexibility index (Phi) is 8.39. The molecular weight excluding hydrogens is 442 g/mol. The zero-order chi connectivity index (χ0) is 24.2. The number of benzene rings is 1. The van der Waals surface area contributed by atoms with Gasteiger partial charge in [-0.2, -0.15) is 0 Å². The number of esters is 1. The Morgan fingerprint density at radius 2 is 1.79 bits per heavy atom. The SMILES string of the molecule is CC1CCCC(NC(=O)COC(=O)c2cc(S(=O)(=O)N(C)C)ccc2N2CCCCC2)C1C. The standard InChI is InChI=1S/C24H37N3O5S/c1-17-9-8-10-21(18(17)2)25-23(28)16-32-24(29)20-15-19(33(30,31)26(3)4)11-12-22(20)27-13-6-5-7-14-27/h11-12,15,17-18,21H,5-10,13-14,16H2,1-4H3,(H,25,28). The molecule has 1 amide bonds. The third-order valence-corrected chi connectivity index (χ3v) is 8.86. The van der Waals surface area contributed by atoms with Gasteiger partial charge in [0.05, 0.1) is 16.1 Å². The number of carbonyl (C=O) groups is 2. The molecule has 0 aromatic heterocycles. The molecular formula is C24H37N3O5S. The zero-order valence-electron chi connectivity index (χ0n) is 20.2. The highest BCUT2D eigenvalue weighted by atomic mass is 32.2. The van der Waals surface area contributed by atoms with Crippen molar-refractivity contribution in [2.24, 2.45) is 11.8 Å². The Labute approximate surface area is 197 Å². The summed E-state index contributed by atoms with van der Waals surface area (Å²) >= 11 is 0. The van der Waals surface area contributed by atoms with Crippen molar-refractivity contribution in [3.05, 3.63) is 23.8 Å². The fourth-order valence-electron chi connectivity index (χ4n) is 4.70. The van der Waals surface area contributed by atoms with E-state index in [0.717, 1.165) is 55.9 Å². The molecule has 1 aliphatic carbocycles. The minimum Gasteiger partial charge on any atom is -0.452 e. The van der Waals surface area contributed by atoms with Gasteiger partial charge in [-0.05, 0) is 55.7 Å². The van der Waals surface area contributed by atoms with Gasteiger partial charge in [-0.3, -0.25) is 4.79 Å². The molecule has 3 atom stereocenters. The maximum atomic E-state index is 13.0. The molecule has 1 aliphatic heterocycles. The van der Waals surface area contributed by atoms with Crippen LogP contribution in [-0.4, -0.2) is 64.4 Å². The largest absolute Gasteiger partial charge is 0.452 e. The molecule has 1 aromatic carbocycles. The molecule has 1 saturated heterocycles. The first-order valence-corrected chi connectivity index (χ1v) is 13.3. The first kappa shape index (κ1) is 25.5. The molecule has 1 heterocycles. The molecule has 9 heteroatoms. The normalized spacial score (nSPS) is 23.9. The molecule has 33 heavy (non-hydrogen) atoms. The second kappa shape index (κ2) is 10.9. The molecule has 8 nitrogen and oxygen atoms in total. The first-order chi connectivity index (χ1) is 15.6. The Morgan fingerprint density at radius 3 is 2.45 bits per heavy atom. The van der Waals surface area contributed by atoms with E-state index in [0.29, 0.717) is 17.5 Å². The molecule has 1 aromatic rings. The summed E-state index contributed by atoms with van der Waals surface area (Å²) in [6.45, 7) is 5.53. The van der Waals surface area contributed by atoms with Crippen LogP contribution in [0.25, 0.3) is 0 Å². The second-order valence-corrected chi connectivity index (χ2v) is 11.7. The molecule has 1 N–H and O–H groups in total. The number of hydrogen-bond donors (Lipinski definition) is 1. The molecule has 3 rings (SSSR count). The minimum absolute atomic E-state index is 0.0229. The van der Waals surface area contributed by atoms with Crippen molar-refractivity contribution in [1.82, 2.24) is 9.62 Å². The van der Waals surface area contributed by atoms with Gasteiger partial charge in [-0.1, -0.05) is 26.7 Å². The van der Waals surface area contributed by atoms with E-state index >= 15 is 0 Å². The summed E-state index contributed by atoms with van der Waals surface area (Å²) in [5, 5.41) is 3.01. The van der Waals surface area contributed by atoms with Crippen LogP contribution in [0.5, 0.6) is 0 Å². The zero-order valence-corrected chi connectivity index (χ0v) is 21.0. The van der Waals surface area contributed by atoms with E-state index in [1.807, 2.05) is 0 Å². The van der Waals surface area contributed by atoms with E-state index in [9.17, 15) is 18.0 Å². The van der Waals surface area contributed by atoms with Crippen molar-refractivity contribution in [2.75, 3.05) is 38.7 Å². The number of anilines is 1. The third-order valence-electron chi connectivity index (χ3n) is 7.05. The van der Waals surface area contributed by atoms with Crippen LogP contribution >= 0.6 is 0 Å². The van der Waals surface area contributed by atoms with E-state index in [4.69, 9.17) is 4.74 Å². The van der Waals surface area contributed by atoms with Gasteiger partial charge in [0, 0.05) is 33.2 Å². The van der Waals surface area contributed by atoms with Crippen molar-refractivity contribution in [2.45, 2.75) is 63.3 Å². The van der Waals surface area contributed by atoms with Crippen LogP contribution < -0.4 is 10.2 Å². The minimum atomic E-state index is -3.71. The lowest BCUT2D eigenvalue weighted by atomic mass is 9.78. The first-order valence-electron chi connectivity index (χ1n) is 11.9. The maximum absolute atomic E-state index is 13.0. The highest BCUT2D eigenvalue weighted by molar-refractivity contribution is 7.89. The van der Waals surface area contributed by atoms with Crippen molar-refractivity contribution in [3.63, 3.8) is 0 Å². The third kappa shape index (κ3) is 6.06. The smallest absolute Gasteiger partial charge is 0.340 e. The summed E-state index contributed by atoms with van der Waals surface area (Å²) in [6.07, 6.45) is 6.30. The van der Waals surface area contributed by atoms with Gasteiger partial charge >= 0.3 is 5.97 Å². The number of nitrogens with one attached hydrogen (secondary N) is 1. The Morgan fingerprint density at radius 1 is 1.09 bits per heavy atom. The predicted molar refractivity (Wildman–Crippen MR) is 128 cm³/mol. The van der Waals surface area contributed by atoms with Crippen molar-refractivity contribution in [3.8, 4) is 0 Å². The van der Waals surface area contributed by atoms with Gasteiger partial charge in [-0.15, -0.1) is 0 Å². The molecule has 0 radical (unpaired) electrons. The highest BCUT2D eigenvalue weighted by Crippen LogP contribution is 2.30. The molecule has 1 saturated carbocycles. The fraction of sp³-hybridized carbons (Fsp3) is 0.667. The van der Waals surface area contributed by atoms with Crippen LogP contribution in [0.3, 0.4) is 0 Å². The van der Waals surface area contributed by atoms with Crippen molar-refractivity contribution < 1.29 is 22.7 Å². The number of ether oxygens (including phenoxy) is 1. The monoisotopic (exact) mass is 479 g/mol. The molecule has 0 spiro atoms. The summed E-state index contributed by atoms with van der Waals surface area (Å²) in [4.78, 5) is 27.6. The number of carbonyl (C=O) groups excluding carboxylic acids is 2. The molecule has 0 bridgehead atoms. The van der Waals surface area contributed by atoms with E-state index in [2.05, 4.69) is 24.1 Å². The Balaban J connectivity index is 1.75. The predicted octanol–water partition coefficient (Wildman–Crippen LogP) is 3.02. The quantitative estimate of drug-likeness (QED) is 0.604. The maximum Gasteiger partial charge on any atom is 0.340 e. The average Bonchev–Trinajstić information content (AvgIpc) is 2.80.